The molecule has 0 aromatic carbocycles. The van der Waals surface area contributed by atoms with Gasteiger partial charge in [-0.1, -0.05) is 0 Å². The molecular formula is C11H20O4. The zero-order valence-electron chi connectivity index (χ0n) is 8.95. The average molecular weight is 216 g/mol. The molecule has 4 N–H and O–H groups in total. The molecule has 2 rings (SSSR count). The van der Waals surface area contributed by atoms with E-state index in [0.717, 1.165) is 25.7 Å². The van der Waals surface area contributed by atoms with Crippen LogP contribution >= 0.6 is 0 Å². The van der Waals surface area contributed by atoms with Gasteiger partial charge in [-0.05, 0) is 31.1 Å². The van der Waals surface area contributed by atoms with E-state index in [9.17, 15) is 20.4 Å². The van der Waals surface area contributed by atoms with Crippen molar-refractivity contribution in [3.05, 3.63) is 0 Å². The van der Waals surface area contributed by atoms with Crippen molar-refractivity contribution in [2.75, 3.05) is 26.4 Å². The highest BCUT2D eigenvalue weighted by Crippen LogP contribution is 2.69. The lowest BCUT2D eigenvalue weighted by Crippen LogP contribution is -2.62. The van der Waals surface area contributed by atoms with Crippen LogP contribution in [0.4, 0.5) is 0 Å². The van der Waals surface area contributed by atoms with Gasteiger partial charge in [0.05, 0.1) is 26.4 Å². The Labute approximate surface area is 89.6 Å². The van der Waals surface area contributed by atoms with E-state index >= 15 is 0 Å². The quantitative estimate of drug-likeness (QED) is 0.511. The maximum atomic E-state index is 9.17. The van der Waals surface area contributed by atoms with Gasteiger partial charge in [0.15, 0.2) is 0 Å². The van der Waals surface area contributed by atoms with Crippen molar-refractivity contribution in [1.29, 1.82) is 0 Å². The molecule has 0 atom stereocenters. The zero-order valence-corrected chi connectivity index (χ0v) is 8.95. The topological polar surface area (TPSA) is 80.9 Å². The molecule has 0 radical (unpaired) electrons. The van der Waals surface area contributed by atoms with Gasteiger partial charge in [0.25, 0.3) is 0 Å². The van der Waals surface area contributed by atoms with Crippen molar-refractivity contribution >= 4 is 0 Å². The normalized spacial score (nSPS) is 29.6. The molecule has 2 fully saturated rings. The number of aliphatic hydroxyl groups is 4. The minimum atomic E-state index is -0.295. The SMILES string of the molecule is OCC1(CO)CC2(C1)CC(CO)(CO)C2. The molecule has 0 aromatic rings. The maximum absolute atomic E-state index is 9.17. The number of hydrogen-bond donors (Lipinski definition) is 4. The predicted molar refractivity (Wildman–Crippen MR) is 54.1 cm³/mol. The van der Waals surface area contributed by atoms with Crippen LogP contribution in [-0.2, 0) is 0 Å². The Morgan fingerprint density at radius 3 is 1.07 bits per heavy atom. The summed E-state index contributed by atoms with van der Waals surface area (Å²) in [5.41, 5.74) is -0.412. The number of rotatable bonds is 4. The molecule has 0 heterocycles. The Morgan fingerprint density at radius 2 is 0.867 bits per heavy atom. The second-order valence-corrected chi connectivity index (χ2v) is 5.84. The van der Waals surface area contributed by atoms with Crippen LogP contribution in [0.1, 0.15) is 25.7 Å². The van der Waals surface area contributed by atoms with Crippen molar-refractivity contribution in [3.8, 4) is 0 Å². The van der Waals surface area contributed by atoms with E-state index in [1.165, 1.54) is 0 Å². The summed E-state index contributed by atoms with van der Waals surface area (Å²) in [4.78, 5) is 0. The van der Waals surface area contributed by atoms with Crippen LogP contribution in [0.2, 0.25) is 0 Å². The van der Waals surface area contributed by atoms with Gasteiger partial charge in [-0.2, -0.15) is 0 Å². The first-order chi connectivity index (χ1) is 7.07. The highest BCUT2D eigenvalue weighted by molar-refractivity contribution is 5.13. The van der Waals surface area contributed by atoms with Gasteiger partial charge in [0.2, 0.25) is 0 Å². The molecule has 4 heteroatoms. The molecule has 2 aliphatic carbocycles. The standard InChI is InChI=1S/C11H20O4/c12-5-10(6-13)1-9(2-10)3-11(4-9,7-14)8-15/h12-15H,1-8H2. The summed E-state index contributed by atoms with van der Waals surface area (Å²) in [6, 6.07) is 0. The van der Waals surface area contributed by atoms with Crippen LogP contribution in [0, 0.1) is 16.2 Å². The third-order valence-corrected chi connectivity index (χ3v) is 4.34. The maximum Gasteiger partial charge on any atom is 0.0509 e. The van der Waals surface area contributed by atoms with Gasteiger partial charge in [0, 0.05) is 10.8 Å². The van der Waals surface area contributed by atoms with Crippen molar-refractivity contribution in [2.24, 2.45) is 16.2 Å². The molecule has 1 spiro atoms. The van der Waals surface area contributed by atoms with E-state index in [-0.39, 0.29) is 42.7 Å². The number of aliphatic hydroxyl groups excluding tert-OH is 4. The third kappa shape index (κ3) is 1.51. The average Bonchev–Trinajstić information content (AvgIpc) is 2.17. The van der Waals surface area contributed by atoms with Crippen LogP contribution in [0.5, 0.6) is 0 Å². The Kier molecular flexibility index (Phi) is 2.58. The molecule has 0 bridgehead atoms. The summed E-state index contributed by atoms with van der Waals surface area (Å²) in [5.74, 6) is 0. The second kappa shape index (κ2) is 3.42. The molecule has 15 heavy (non-hydrogen) atoms. The predicted octanol–water partition coefficient (Wildman–Crippen LogP) is -0.498. The number of hydrogen-bond acceptors (Lipinski definition) is 4. The van der Waals surface area contributed by atoms with Crippen molar-refractivity contribution in [1.82, 2.24) is 0 Å². The van der Waals surface area contributed by atoms with Crippen LogP contribution in [-0.4, -0.2) is 46.9 Å². The minimum absolute atomic E-state index is 0.0382. The van der Waals surface area contributed by atoms with Crippen LogP contribution in [0.25, 0.3) is 0 Å². The summed E-state index contributed by atoms with van der Waals surface area (Å²) in [5, 5.41) is 36.7. The molecule has 2 aliphatic rings. The van der Waals surface area contributed by atoms with E-state index in [1.807, 2.05) is 0 Å². The summed E-state index contributed by atoms with van der Waals surface area (Å²) < 4.78 is 0. The summed E-state index contributed by atoms with van der Waals surface area (Å²) in [6.45, 7) is 0.153. The molecule has 2 saturated carbocycles. The largest absolute Gasteiger partial charge is 0.396 e. The first-order valence-electron chi connectivity index (χ1n) is 5.51. The highest BCUT2D eigenvalue weighted by atomic mass is 16.3. The van der Waals surface area contributed by atoms with Gasteiger partial charge in [0.1, 0.15) is 0 Å². The zero-order chi connectivity index (χ0) is 11.2. The summed E-state index contributed by atoms with van der Waals surface area (Å²) in [7, 11) is 0. The smallest absolute Gasteiger partial charge is 0.0509 e. The fraction of sp³-hybridized carbons (Fsp3) is 1.00. The van der Waals surface area contributed by atoms with Gasteiger partial charge in [-0.3, -0.25) is 0 Å². The fourth-order valence-corrected chi connectivity index (χ4v) is 3.88. The van der Waals surface area contributed by atoms with E-state index in [1.54, 1.807) is 0 Å². The Morgan fingerprint density at radius 1 is 0.600 bits per heavy atom. The Bertz CT molecular complexity index is 197. The van der Waals surface area contributed by atoms with Crippen molar-refractivity contribution in [3.63, 3.8) is 0 Å². The Balaban J connectivity index is 1.91. The summed E-state index contributed by atoms with van der Waals surface area (Å²) in [6.07, 6.45) is 3.31. The van der Waals surface area contributed by atoms with Crippen LogP contribution in [0.15, 0.2) is 0 Å². The van der Waals surface area contributed by atoms with E-state index in [4.69, 9.17) is 0 Å². The lowest BCUT2D eigenvalue weighted by Gasteiger charge is -2.66. The molecule has 88 valence electrons. The van der Waals surface area contributed by atoms with Crippen molar-refractivity contribution < 1.29 is 20.4 Å². The monoisotopic (exact) mass is 216 g/mol. The van der Waals surface area contributed by atoms with Crippen LogP contribution < -0.4 is 0 Å². The lowest BCUT2D eigenvalue weighted by molar-refractivity contribution is -0.215. The van der Waals surface area contributed by atoms with E-state index in [2.05, 4.69) is 0 Å². The fourth-order valence-electron chi connectivity index (χ4n) is 3.88. The molecular weight excluding hydrogens is 196 g/mol. The third-order valence-electron chi connectivity index (χ3n) is 4.34. The molecule has 0 unspecified atom stereocenters. The van der Waals surface area contributed by atoms with E-state index < -0.39 is 0 Å². The minimum Gasteiger partial charge on any atom is -0.396 e. The van der Waals surface area contributed by atoms with Crippen LogP contribution in [0.3, 0.4) is 0 Å². The van der Waals surface area contributed by atoms with E-state index in [0.29, 0.717) is 0 Å². The molecule has 0 saturated heterocycles. The molecule has 0 amide bonds. The first kappa shape index (κ1) is 11.3. The lowest BCUT2D eigenvalue weighted by atomic mass is 9.39. The van der Waals surface area contributed by atoms with Gasteiger partial charge < -0.3 is 20.4 Å². The van der Waals surface area contributed by atoms with Gasteiger partial charge in [-0.15, -0.1) is 0 Å². The van der Waals surface area contributed by atoms with Crippen molar-refractivity contribution in [2.45, 2.75) is 25.7 Å². The molecule has 4 nitrogen and oxygen atoms in total. The first-order valence-corrected chi connectivity index (χ1v) is 5.51. The summed E-state index contributed by atoms with van der Waals surface area (Å²) >= 11 is 0. The molecule has 0 aliphatic heterocycles. The second-order valence-electron chi connectivity index (χ2n) is 5.84. The highest BCUT2D eigenvalue weighted by Gasteiger charge is 2.64. The van der Waals surface area contributed by atoms with Gasteiger partial charge >= 0.3 is 0 Å². The van der Waals surface area contributed by atoms with Gasteiger partial charge in [-0.25, -0.2) is 0 Å². The molecule has 0 aromatic heterocycles. The Hall–Kier alpha value is -0.160.